The van der Waals surface area contributed by atoms with E-state index in [1.807, 2.05) is 13.1 Å². The molecule has 1 N–H and O–H groups in total. The molecule has 1 aromatic heterocycles. The lowest BCUT2D eigenvalue weighted by atomic mass is 9.93. The van der Waals surface area contributed by atoms with Crippen LogP contribution in [0.25, 0.3) is 0 Å². The Morgan fingerprint density at radius 3 is 3.00 bits per heavy atom. The lowest BCUT2D eigenvalue weighted by molar-refractivity contribution is -0.142. The van der Waals surface area contributed by atoms with E-state index in [4.69, 9.17) is 5.11 Å². The van der Waals surface area contributed by atoms with Gasteiger partial charge in [-0.05, 0) is 18.9 Å². The van der Waals surface area contributed by atoms with Gasteiger partial charge in [0.2, 0.25) is 0 Å². The molecule has 2 atom stereocenters. The van der Waals surface area contributed by atoms with Crippen LogP contribution in [0.3, 0.4) is 0 Å². The Hall–Kier alpha value is -1.32. The molecule has 0 amide bonds. The van der Waals surface area contributed by atoms with Crippen LogP contribution in [0, 0.1) is 5.92 Å². The highest BCUT2D eigenvalue weighted by atomic mass is 16.4. The van der Waals surface area contributed by atoms with Gasteiger partial charge in [-0.2, -0.15) is 5.10 Å². The van der Waals surface area contributed by atoms with Gasteiger partial charge in [0.15, 0.2) is 0 Å². The van der Waals surface area contributed by atoms with Crippen molar-refractivity contribution in [1.29, 1.82) is 0 Å². The zero-order chi connectivity index (χ0) is 10.1. The van der Waals surface area contributed by atoms with E-state index in [0.717, 1.165) is 25.0 Å². The highest BCUT2D eigenvalue weighted by Crippen LogP contribution is 2.39. The van der Waals surface area contributed by atoms with E-state index < -0.39 is 5.97 Å². The summed E-state index contributed by atoms with van der Waals surface area (Å²) < 4.78 is 1.78. The highest BCUT2D eigenvalue weighted by Gasteiger charge is 2.35. The normalized spacial score (nSPS) is 26.6. The van der Waals surface area contributed by atoms with Crippen LogP contribution >= 0.6 is 0 Å². The summed E-state index contributed by atoms with van der Waals surface area (Å²) in [4.78, 5) is 11.0. The number of nitrogens with zero attached hydrogens (tertiary/aromatic N) is 2. The number of hydrogen-bond acceptors (Lipinski definition) is 2. The third-order valence-corrected chi connectivity index (χ3v) is 3.07. The van der Waals surface area contributed by atoms with Crippen LogP contribution in [-0.4, -0.2) is 20.9 Å². The minimum Gasteiger partial charge on any atom is -0.481 e. The molecular weight excluding hydrogens is 180 g/mol. The van der Waals surface area contributed by atoms with Gasteiger partial charge in [0.25, 0.3) is 0 Å². The smallest absolute Gasteiger partial charge is 0.307 e. The molecule has 0 aliphatic heterocycles. The second-order valence-corrected chi connectivity index (χ2v) is 3.86. The standard InChI is InChI=1S/C10H14N2O2/c1-12-9(5-6-11-12)7-3-2-4-8(7)10(13)14/h5-8H,2-4H2,1H3,(H,13,14). The van der Waals surface area contributed by atoms with Crippen molar-refractivity contribution in [2.45, 2.75) is 25.2 Å². The first kappa shape index (κ1) is 9.24. The Bertz CT molecular complexity index is 346. The van der Waals surface area contributed by atoms with Crippen molar-refractivity contribution in [3.8, 4) is 0 Å². The van der Waals surface area contributed by atoms with Crippen molar-refractivity contribution in [2.75, 3.05) is 0 Å². The topological polar surface area (TPSA) is 55.1 Å². The van der Waals surface area contributed by atoms with Crippen LogP contribution in [0.15, 0.2) is 12.3 Å². The highest BCUT2D eigenvalue weighted by molar-refractivity contribution is 5.71. The molecule has 1 saturated carbocycles. The molecular formula is C10H14N2O2. The average molecular weight is 194 g/mol. The predicted molar refractivity (Wildman–Crippen MR) is 50.9 cm³/mol. The molecule has 2 unspecified atom stereocenters. The molecule has 0 saturated heterocycles. The molecule has 2 rings (SSSR count). The Balaban J connectivity index is 2.26. The number of aliphatic carboxylic acids is 1. The zero-order valence-corrected chi connectivity index (χ0v) is 8.18. The summed E-state index contributed by atoms with van der Waals surface area (Å²) in [5.74, 6) is -0.737. The van der Waals surface area contributed by atoms with Gasteiger partial charge < -0.3 is 5.11 Å². The van der Waals surface area contributed by atoms with Gasteiger partial charge in [0, 0.05) is 24.9 Å². The fourth-order valence-electron chi connectivity index (χ4n) is 2.36. The number of aryl methyl sites for hydroxylation is 1. The Morgan fingerprint density at radius 1 is 1.64 bits per heavy atom. The molecule has 1 aromatic rings. The summed E-state index contributed by atoms with van der Waals surface area (Å²) in [6.45, 7) is 0. The number of carboxylic acid groups (broad SMARTS) is 1. The second-order valence-electron chi connectivity index (χ2n) is 3.86. The molecule has 4 nitrogen and oxygen atoms in total. The fourth-order valence-corrected chi connectivity index (χ4v) is 2.36. The first-order valence-corrected chi connectivity index (χ1v) is 4.91. The SMILES string of the molecule is Cn1nccc1C1CCCC1C(=O)O. The van der Waals surface area contributed by atoms with E-state index in [0.29, 0.717) is 0 Å². The molecule has 76 valence electrons. The van der Waals surface area contributed by atoms with Gasteiger partial charge in [-0.3, -0.25) is 9.48 Å². The summed E-state index contributed by atoms with van der Waals surface area (Å²) >= 11 is 0. The fraction of sp³-hybridized carbons (Fsp3) is 0.600. The van der Waals surface area contributed by atoms with Crippen LogP contribution < -0.4 is 0 Å². The molecule has 0 spiro atoms. The van der Waals surface area contributed by atoms with E-state index in [2.05, 4.69) is 5.10 Å². The molecule has 14 heavy (non-hydrogen) atoms. The summed E-state index contributed by atoms with van der Waals surface area (Å²) in [5.41, 5.74) is 1.05. The van der Waals surface area contributed by atoms with Crippen molar-refractivity contribution in [3.05, 3.63) is 18.0 Å². The van der Waals surface area contributed by atoms with Crippen molar-refractivity contribution < 1.29 is 9.90 Å². The predicted octanol–water partition coefficient (Wildman–Crippen LogP) is 1.39. The minimum absolute atomic E-state index is 0.153. The van der Waals surface area contributed by atoms with Crippen LogP contribution in [-0.2, 0) is 11.8 Å². The van der Waals surface area contributed by atoms with Crippen molar-refractivity contribution in [2.24, 2.45) is 13.0 Å². The van der Waals surface area contributed by atoms with Crippen molar-refractivity contribution in [1.82, 2.24) is 9.78 Å². The van der Waals surface area contributed by atoms with Gasteiger partial charge in [0.05, 0.1) is 5.92 Å². The van der Waals surface area contributed by atoms with E-state index in [9.17, 15) is 4.79 Å². The molecule has 4 heteroatoms. The maximum atomic E-state index is 11.0. The molecule has 1 fully saturated rings. The van der Waals surface area contributed by atoms with Crippen LogP contribution in [0.5, 0.6) is 0 Å². The summed E-state index contributed by atoms with van der Waals surface area (Å²) in [6, 6.07) is 1.92. The van der Waals surface area contributed by atoms with Crippen molar-refractivity contribution >= 4 is 5.97 Å². The first-order valence-electron chi connectivity index (χ1n) is 4.91. The van der Waals surface area contributed by atoms with E-state index >= 15 is 0 Å². The van der Waals surface area contributed by atoms with Gasteiger partial charge >= 0.3 is 5.97 Å². The van der Waals surface area contributed by atoms with Crippen LogP contribution in [0.4, 0.5) is 0 Å². The van der Waals surface area contributed by atoms with Gasteiger partial charge in [-0.15, -0.1) is 0 Å². The summed E-state index contributed by atoms with van der Waals surface area (Å²) in [5, 5.41) is 13.1. The third-order valence-electron chi connectivity index (χ3n) is 3.07. The van der Waals surface area contributed by atoms with E-state index in [1.165, 1.54) is 0 Å². The quantitative estimate of drug-likeness (QED) is 0.774. The maximum absolute atomic E-state index is 11.0. The molecule has 0 bridgehead atoms. The first-order chi connectivity index (χ1) is 6.70. The number of carboxylic acids is 1. The van der Waals surface area contributed by atoms with Crippen LogP contribution in [0.2, 0.25) is 0 Å². The lowest BCUT2D eigenvalue weighted by Crippen LogP contribution is -2.18. The minimum atomic E-state index is -0.672. The number of carbonyl (C=O) groups is 1. The molecule has 0 aromatic carbocycles. The van der Waals surface area contributed by atoms with E-state index in [1.54, 1.807) is 10.9 Å². The monoisotopic (exact) mass is 194 g/mol. The van der Waals surface area contributed by atoms with Crippen molar-refractivity contribution in [3.63, 3.8) is 0 Å². The lowest BCUT2D eigenvalue weighted by Gasteiger charge is -2.15. The average Bonchev–Trinajstić information content (AvgIpc) is 2.70. The Kier molecular flexibility index (Phi) is 2.27. The number of aromatic nitrogens is 2. The van der Waals surface area contributed by atoms with Gasteiger partial charge in [-0.25, -0.2) is 0 Å². The largest absolute Gasteiger partial charge is 0.481 e. The molecule has 1 heterocycles. The zero-order valence-electron chi connectivity index (χ0n) is 8.18. The molecule has 0 radical (unpaired) electrons. The number of hydrogen-bond donors (Lipinski definition) is 1. The number of rotatable bonds is 2. The maximum Gasteiger partial charge on any atom is 0.307 e. The molecule has 1 aliphatic carbocycles. The summed E-state index contributed by atoms with van der Waals surface area (Å²) in [6.07, 6.45) is 4.50. The van der Waals surface area contributed by atoms with Gasteiger partial charge in [0.1, 0.15) is 0 Å². The Morgan fingerprint density at radius 2 is 2.43 bits per heavy atom. The second kappa shape index (κ2) is 3.44. The third kappa shape index (κ3) is 1.41. The molecule has 1 aliphatic rings. The summed E-state index contributed by atoms with van der Waals surface area (Å²) in [7, 11) is 1.87. The Labute approximate surface area is 82.5 Å². The van der Waals surface area contributed by atoms with Gasteiger partial charge in [-0.1, -0.05) is 6.42 Å². The van der Waals surface area contributed by atoms with Crippen LogP contribution in [0.1, 0.15) is 30.9 Å². The van der Waals surface area contributed by atoms with E-state index in [-0.39, 0.29) is 11.8 Å².